The molecule has 0 saturated heterocycles. The molecule has 0 bridgehead atoms. The second-order valence-electron chi connectivity index (χ2n) is 7.98. The van der Waals surface area contributed by atoms with Crippen molar-refractivity contribution in [3.63, 3.8) is 0 Å². The van der Waals surface area contributed by atoms with Gasteiger partial charge in [-0.15, -0.1) is 0 Å². The highest BCUT2D eigenvalue weighted by atomic mass is 16.4. The van der Waals surface area contributed by atoms with E-state index in [0.29, 0.717) is 12.8 Å². The number of aliphatic carboxylic acids is 2. The molecule has 2 aromatic rings. The van der Waals surface area contributed by atoms with Gasteiger partial charge in [0.25, 0.3) is 0 Å². The van der Waals surface area contributed by atoms with Crippen molar-refractivity contribution in [3.05, 3.63) is 81.9 Å². The van der Waals surface area contributed by atoms with Gasteiger partial charge in [0.05, 0.1) is 11.8 Å². The number of carboxylic acids is 2. The fourth-order valence-corrected chi connectivity index (χ4v) is 3.63. The lowest BCUT2D eigenvalue weighted by Gasteiger charge is -2.17. The molecule has 31 heavy (non-hydrogen) atoms. The number of Topliss-reactive ketones (excluding diaryl/α,β-unsaturated/α-hetero) is 1. The predicted molar refractivity (Wildman–Crippen MR) is 120 cm³/mol. The maximum atomic E-state index is 13.0. The van der Waals surface area contributed by atoms with Gasteiger partial charge in [-0.1, -0.05) is 48.5 Å². The summed E-state index contributed by atoms with van der Waals surface area (Å²) in [6.07, 6.45) is 6.05. The fourth-order valence-electron chi connectivity index (χ4n) is 3.63. The molecule has 0 aliphatic heterocycles. The number of allylic oxidation sites excluding steroid dienone is 2. The minimum Gasteiger partial charge on any atom is -0.481 e. The van der Waals surface area contributed by atoms with Crippen molar-refractivity contribution in [2.45, 2.75) is 44.9 Å². The molecule has 0 aromatic heterocycles. The van der Waals surface area contributed by atoms with E-state index in [1.807, 2.05) is 36.4 Å². The van der Waals surface area contributed by atoms with Gasteiger partial charge in [0, 0.05) is 11.1 Å². The number of carboxylic acid groups (broad SMARTS) is 2. The van der Waals surface area contributed by atoms with Gasteiger partial charge >= 0.3 is 11.9 Å². The molecule has 0 heterocycles. The predicted octanol–water partition coefficient (Wildman–Crippen LogP) is 5.28. The Bertz CT molecular complexity index is 959. The molecule has 2 N–H and O–H groups in total. The summed E-state index contributed by atoms with van der Waals surface area (Å²) in [6, 6.07) is 14.5. The molecule has 2 unspecified atom stereocenters. The van der Waals surface area contributed by atoms with Crippen LogP contribution in [0.5, 0.6) is 0 Å². The molecule has 1 aliphatic carbocycles. The quantitative estimate of drug-likeness (QED) is 0.623. The van der Waals surface area contributed by atoms with Crippen molar-refractivity contribution >= 4 is 29.9 Å². The molecule has 3 rings (SSSR count). The zero-order valence-electron chi connectivity index (χ0n) is 17.7. The number of ketones is 1. The van der Waals surface area contributed by atoms with E-state index in [-0.39, 0.29) is 5.78 Å². The van der Waals surface area contributed by atoms with Crippen LogP contribution in [0.3, 0.4) is 0 Å². The number of hydrogen-bond acceptors (Lipinski definition) is 3. The van der Waals surface area contributed by atoms with Gasteiger partial charge in [-0.2, -0.15) is 0 Å². The summed E-state index contributed by atoms with van der Waals surface area (Å²) in [4.78, 5) is 35.2. The first kappa shape index (κ1) is 22.2. The van der Waals surface area contributed by atoms with Gasteiger partial charge in [-0.3, -0.25) is 14.4 Å². The third-order valence-corrected chi connectivity index (χ3v) is 5.77. The lowest BCUT2D eigenvalue weighted by molar-refractivity contribution is -0.139. The van der Waals surface area contributed by atoms with Gasteiger partial charge in [0.15, 0.2) is 5.78 Å². The topological polar surface area (TPSA) is 91.7 Å². The van der Waals surface area contributed by atoms with Crippen LogP contribution in [0.1, 0.15) is 67.2 Å². The van der Waals surface area contributed by atoms with Crippen LogP contribution in [0, 0.1) is 0 Å². The Morgan fingerprint density at radius 1 is 0.742 bits per heavy atom. The van der Waals surface area contributed by atoms with Crippen LogP contribution in [0.2, 0.25) is 0 Å². The van der Waals surface area contributed by atoms with Gasteiger partial charge in [0.2, 0.25) is 0 Å². The van der Waals surface area contributed by atoms with Gasteiger partial charge in [0.1, 0.15) is 0 Å². The molecule has 0 spiro atoms. The highest BCUT2D eigenvalue weighted by molar-refractivity contribution is 6.13. The van der Waals surface area contributed by atoms with Crippen molar-refractivity contribution in [3.8, 4) is 0 Å². The van der Waals surface area contributed by atoms with Gasteiger partial charge in [-0.25, -0.2) is 0 Å². The standard InChI is InChI=1S/C26H26O5/c1-16(25(28)29)20-10-6-18(7-11-20)14-22-4-3-5-23(24(22)27)15-19-8-12-21(13-9-19)17(2)26(30)31/h6-17H,3-5H2,1-2H3,(H,28,29)(H,30,31)/b22-14+,23-15+. The molecule has 1 aliphatic rings. The summed E-state index contributed by atoms with van der Waals surface area (Å²) in [5.41, 5.74) is 4.69. The highest BCUT2D eigenvalue weighted by Crippen LogP contribution is 2.29. The largest absolute Gasteiger partial charge is 0.481 e. The summed E-state index contributed by atoms with van der Waals surface area (Å²) >= 11 is 0. The van der Waals surface area contributed by atoms with E-state index in [2.05, 4.69) is 0 Å². The molecule has 160 valence electrons. The molecular weight excluding hydrogens is 392 g/mol. The van der Waals surface area contributed by atoms with Crippen LogP contribution in [0.4, 0.5) is 0 Å². The van der Waals surface area contributed by atoms with Crippen LogP contribution >= 0.6 is 0 Å². The van der Waals surface area contributed by atoms with E-state index in [4.69, 9.17) is 10.2 Å². The Hall–Kier alpha value is -3.47. The Labute approximate surface area is 181 Å². The summed E-state index contributed by atoms with van der Waals surface area (Å²) < 4.78 is 0. The van der Waals surface area contributed by atoms with E-state index in [1.165, 1.54) is 0 Å². The molecule has 0 amide bonds. The first-order valence-electron chi connectivity index (χ1n) is 10.4. The average molecular weight is 418 g/mol. The zero-order valence-corrected chi connectivity index (χ0v) is 17.7. The fraction of sp³-hybridized carbons (Fsp3) is 0.269. The number of carbonyl (C=O) groups is 3. The van der Waals surface area contributed by atoms with E-state index in [9.17, 15) is 14.4 Å². The normalized spacial score (nSPS) is 18.7. The number of hydrogen-bond donors (Lipinski definition) is 2. The van der Waals surface area contributed by atoms with E-state index < -0.39 is 23.8 Å². The third kappa shape index (κ3) is 5.37. The summed E-state index contributed by atoms with van der Waals surface area (Å²) in [5, 5.41) is 18.3. The van der Waals surface area contributed by atoms with E-state index >= 15 is 0 Å². The maximum Gasteiger partial charge on any atom is 0.310 e. The molecule has 5 heteroatoms. The van der Waals surface area contributed by atoms with Crippen LogP contribution in [0.15, 0.2) is 59.7 Å². The van der Waals surface area contributed by atoms with Gasteiger partial charge < -0.3 is 10.2 Å². The summed E-state index contributed by atoms with van der Waals surface area (Å²) in [7, 11) is 0. The second-order valence-corrected chi connectivity index (χ2v) is 7.98. The number of carbonyl (C=O) groups excluding carboxylic acids is 1. The molecule has 5 nitrogen and oxygen atoms in total. The Morgan fingerprint density at radius 2 is 1.10 bits per heavy atom. The highest BCUT2D eigenvalue weighted by Gasteiger charge is 2.21. The number of benzene rings is 2. The molecule has 0 radical (unpaired) electrons. The van der Waals surface area contributed by atoms with E-state index in [0.717, 1.165) is 39.8 Å². The lowest BCUT2D eigenvalue weighted by Crippen LogP contribution is -2.12. The van der Waals surface area contributed by atoms with Crippen molar-refractivity contribution in [1.29, 1.82) is 0 Å². The molecule has 2 aromatic carbocycles. The van der Waals surface area contributed by atoms with Crippen molar-refractivity contribution in [2.75, 3.05) is 0 Å². The first-order valence-corrected chi connectivity index (χ1v) is 10.4. The van der Waals surface area contributed by atoms with E-state index in [1.54, 1.807) is 38.1 Å². The Morgan fingerprint density at radius 3 is 1.42 bits per heavy atom. The third-order valence-electron chi connectivity index (χ3n) is 5.77. The Balaban J connectivity index is 1.78. The monoisotopic (exact) mass is 418 g/mol. The lowest BCUT2D eigenvalue weighted by atomic mass is 9.86. The molecule has 1 fully saturated rings. The van der Waals surface area contributed by atoms with Crippen molar-refractivity contribution in [2.24, 2.45) is 0 Å². The number of rotatable bonds is 6. The minimum absolute atomic E-state index is 0.0252. The minimum atomic E-state index is -0.867. The Kier molecular flexibility index (Phi) is 6.85. The second kappa shape index (κ2) is 9.56. The smallest absolute Gasteiger partial charge is 0.310 e. The zero-order chi connectivity index (χ0) is 22.5. The molecular formula is C26H26O5. The van der Waals surface area contributed by atoms with Crippen molar-refractivity contribution < 1.29 is 24.6 Å². The van der Waals surface area contributed by atoms with Crippen molar-refractivity contribution in [1.82, 2.24) is 0 Å². The summed E-state index contributed by atoms with van der Waals surface area (Å²) in [5.74, 6) is -2.85. The summed E-state index contributed by atoms with van der Waals surface area (Å²) in [6.45, 7) is 3.29. The van der Waals surface area contributed by atoms with Crippen LogP contribution in [-0.4, -0.2) is 27.9 Å². The maximum absolute atomic E-state index is 13.0. The van der Waals surface area contributed by atoms with Crippen LogP contribution < -0.4 is 0 Å². The molecule has 1 saturated carbocycles. The molecule has 2 atom stereocenters. The van der Waals surface area contributed by atoms with Crippen LogP contribution in [0.25, 0.3) is 12.2 Å². The SMILES string of the molecule is CC(C(=O)O)c1ccc(/C=C2\CCC/C(=C\c3ccc(C(C)C(=O)O)cc3)C2=O)cc1. The first-order chi connectivity index (χ1) is 14.8. The average Bonchev–Trinajstić information content (AvgIpc) is 2.76. The van der Waals surface area contributed by atoms with Crippen LogP contribution in [-0.2, 0) is 14.4 Å². The van der Waals surface area contributed by atoms with Gasteiger partial charge in [-0.05, 0) is 67.5 Å².